The fourth-order valence-electron chi connectivity index (χ4n) is 1.89. The van der Waals surface area contributed by atoms with Crippen LogP contribution >= 0.6 is 0 Å². The van der Waals surface area contributed by atoms with E-state index in [9.17, 15) is 10.1 Å². The van der Waals surface area contributed by atoms with Gasteiger partial charge >= 0.3 is 0 Å². The number of rotatable bonds is 4. The van der Waals surface area contributed by atoms with Crippen molar-refractivity contribution in [2.75, 3.05) is 6.61 Å². The molecule has 96 valence electrons. The lowest BCUT2D eigenvalue weighted by Gasteiger charge is -2.26. The molecule has 0 N–H and O–H groups in total. The molecule has 0 radical (unpaired) electrons. The summed E-state index contributed by atoms with van der Waals surface area (Å²) in [7, 11) is 0. The average molecular weight is 249 g/mol. The summed E-state index contributed by atoms with van der Waals surface area (Å²) in [5.41, 5.74) is 1.79. The second-order valence-electron chi connectivity index (χ2n) is 3.96. The van der Waals surface area contributed by atoms with E-state index < -0.39 is 4.92 Å². The zero-order valence-corrected chi connectivity index (χ0v) is 10.4. The lowest BCUT2D eigenvalue weighted by molar-refractivity contribution is -0.384. The van der Waals surface area contributed by atoms with Gasteiger partial charge in [0.2, 0.25) is 6.29 Å². The minimum atomic E-state index is -0.408. The Balaban J connectivity index is 2.37. The van der Waals surface area contributed by atoms with Gasteiger partial charge in [0.05, 0.1) is 4.92 Å². The molecule has 0 amide bonds. The smallest absolute Gasteiger partial charge is 0.270 e. The molecule has 0 aromatic heterocycles. The fourth-order valence-corrected chi connectivity index (χ4v) is 1.89. The lowest BCUT2D eigenvalue weighted by atomic mass is 10.0. The van der Waals surface area contributed by atoms with Gasteiger partial charge in [-0.25, -0.2) is 0 Å². The minimum absolute atomic E-state index is 0.0684. The lowest BCUT2D eigenvalue weighted by Crippen LogP contribution is -2.25. The highest BCUT2D eigenvalue weighted by molar-refractivity contribution is 5.65. The first-order valence-corrected chi connectivity index (χ1v) is 5.92. The molecule has 1 aliphatic rings. The van der Waals surface area contributed by atoms with Crippen molar-refractivity contribution in [3.05, 3.63) is 39.4 Å². The largest absolute Gasteiger partial charge is 0.460 e. The maximum atomic E-state index is 10.7. The van der Waals surface area contributed by atoms with Crippen LogP contribution in [0.1, 0.15) is 25.8 Å². The molecular weight excluding hydrogens is 234 g/mol. The van der Waals surface area contributed by atoms with E-state index in [0.29, 0.717) is 12.4 Å². The van der Waals surface area contributed by atoms with Crippen molar-refractivity contribution in [1.82, 2.24) is 0 Å². The van der Waals surface area contributed by atoms with Crippen LogP contribution in [0.25, 0.3) is 6.08 Å². The van der Waals surface area contributed by atoms with Crippen LogP contribution in [0.2, 0.25) is 0 Å². The highest BCUT2D eigenvalue weighted by Gasteiger charge is 2.23. The van der Waals surface area contributed by atoms with Gasteiger partial charge < -0.3 is 9.47 Å². The predicted octanol–water partition coefficient (Wildman–Crippen LogP) is 3.14. The topological polar surface area (TPSA) is 61.6 Å². The molecule has 1 unspecified atom stereocenters. The van der Waals surface area contributed by atoms with Gasteiger partial charge in [-0.3, -0.25) is 10.1 Å². The van der Waals surface area contributed by atoms with Gasteiger partial charge in [0.1, 0.15) is 5.75 Å². The Morgan fingerprint density at radius 3 is 2.83 bits per heavy atom. The SMILES string of the molecule is CCOC1Oc2ccc([N+](=O)[O-])cc2C=C1CC. The monoisotopic (exact) mass is 249 g/mol. The van der Waals surface area contributed by atoms with Crippen molar-refractivity contribution in [2.24, 2.45) is 0 Å². The van der Waals surface area contributed by atoms with Crippen LogP contribution < -0.4 is 4.74 Å². The summed E-state index contributed by atoms with van der Waals surface area (Å²) < 4.78 is 11.2. The normalized spacial score (nSPS) is 17.7. The van der Waals surface area contributed by atoms with Crippen LogP contribution in [0.3, 0.4) is 0 Å². The number of hydrogen-bond donors (Lipinski definition) is 0. The number of benzene rings is 1. The van der Waals surface area contributed by atoms with Crippen molar-refractivity contribution in [3.63, 3.8) is 0 Å². The van der Waals surface area contributed by atoms with E-state index in [1.165, 1.54) is 12.1 Å². The molecule has 1 heterocycles. The first kappa shape index (κ1) is 12.6. The molecule has 0 saturated carbocycles. The summed E-state index contributed by atoms with van der Waals surface area (Å²) in [5, 5.41) is 10.7. The van der Waals surface area contributed by atoms with Crippen LogP contribution in [0, 0.1) is 10.1 Å². The van der Waals surface area contributed by atoms with Crippen molar-refractivity contribution in [3.8, 4) is 5.75 Å². The number of nitrogens with zero attached hydrogens (tertiary/aromatic N) is 1. The fraction of sp³-hybridized carbons (Fsp3) is 0.385. The third kappa shape index (κ3) is 2.36. The summed E-state index contributed by atoms with van der Waals surface area (Å²) in [4.78, 5) is 10.3. The van der Waals surface area contributed by atoms with Crippen molar-refractivity contribution >= 4 is 11.8 Å². The highest BCUT2D eigenvalue weighted by atomic mass is 16.7. The second-order valence-corrected chi connectivity index (χ2v) is 3.96. The van der Waals surface area contributed by atoms with E-state index in [2.05, 4.69) is 0 Å². The van der Waals surface area contributed by atoms with Crippen LogP contribution in [0.15, 0.2) is 23.8 Å². The average Bonchev–Trinajstić information content (AvgIpc) is 2.37. The number of nitro benzene ring substituents is 1. The van der Waals surface area contributed by atoms with E-state index in [1.807, 2.05) is 19.9 Å². The summed E-state index contributed by atoms with van der Waals surface area (Å²) in [5.74, 6) is 0.622. The summed E-state index contributed by atoms with van der Waals surface area (Å²) in [6.07, 6.45) is 2.31. The molecule has 0 aliphatic carbocycles. The number of non-ortho nitro benzene ring substituents is 1. The molecule has 1 aromatic carbocycles. The third-order valence-corrected chi connectivity index (χ3v) is 2.81. The maximum Gasteiger partial charge on any atom is 0.270 e. The Bertz CT molecular complexity index is 496. The highest BCUT2D eigenvalue weighted by Crippen LogP contribution is 2.33. The summed E-state index contributed by atoms with van der Waals surface area (Å²) in [6, 6.07) is 4.57. The van der Waals surface area contributed by atoms with Crippen molar-refractivity contribution < 1.29 is 14.4 Å². The van der Waals surface area contributed by atoms with Gasteiger partial charge in [-0.1, -0.05) is 6.92 Å². The quantitative estimate of drug-likeness (QED) is 0.607. The molecule has 0 fully saturated rings. The third-order valence-electron chi connectivity index (χ3n) is 2.81. The molecule has 2 rings (SSSR count). The molecule has 0 bridgehead atoms. The van der Waals surface area contributed by atoms with Crippen molar-refractivity contribution in [1.29, 1.82) is 0 Å². The second kappa shape index (κ2) is 5.18. The van der Waals surface area contributed by atoms with Crippen molar-refractivity contribution in [2.45, 2.75) is 26.6 Å². The Labute approximate surface area is 105 Å². The molecule has 0 spiro atoms. The van der Waals surface area contributed by atoms with E-state index in [0.717, 1.165) is 17.6 Å². The van der Waals surface area contributed by atoms with E-state index >= 15 is 0 Å². The van der Waals surface area contributed by atoms with Crippen LogP contribution in [0.4, 0.5) is 5.69 Å². The molecule has 18 heavy (non-hydrogen) atoms. The molecule has 0 saturated heterocycles. The van der Waals surface area contributed by atoms with Crippen LogP contribution in [0.5, 0.6) is 5.75 Å². The number of nitro groups is 1. The number of fused-ring (bicyclic) bond motifs is 1. The zero-order valence-electron chi connectivity index (χ0n) is 10.4. The standard InChI is InChI=1S/C13H15NO4/c1-3-9-7-10-8-11(14(15)16)5-6-12(10)18-13(9)17-4-2/h5-8,13H,3-4H2,1-2H3. The van der Waals surface area contributed by atoms with Crippen LogP contribution in [-0.2, 0) is 4.74 Å². The number of ether oxygens (including phenoxy) is 2. The molecule has 1 aromatic rings. The molecule has 1 aliphatic heterocycles. The molecule has 5 heteroatoms. The summed E-state index contributed by atoms with van der Waals surface area (Å²) >= 11 is 0. The van der Waals surface area contributed by atoms with E-state index in [4.69, 9.17) is 9.47 Å². The maximum absolute atomic E-state index is 10.7. The summed E-state index contributed by atoms with van der Waals surface area (Å²) in [6.45, 7) is 4.47. The van der Waals surface area contributed by atoms with Gasteiger partial charge in [-0.15, -0.1) is 0 Å². The molecule has 1 atom stereocenters. The van der Waals surface area contributed by atoms with Gasteiger partial charge in [0.15, 0.2) is 0 Å². The van der Waals surface area contributed by atoms with E-state index in [1.54, 1.807) is 6.07 Å². The van der Waals surface area contributed by atoms with Gasteiger partial charge in [0, 0.05) is 24.3 Å². The first-order valence-electron chi connectivity index (χ1n) is 5.92. The van der Waals surface area contributed by atoms with Gasteiger partial charge in [-0.05, 0) is 31.1 Å². The first-order chi connectivity index (χ1) is 8.65. The zero-order chi connectivity index (χ0) is 13.1. The Hall–Kier alpha value is -1.88. The van der Waals surface area contributed by atoms with E-state index in [-0.39, 0.29) is 12.0 Å². The molecule has 5 nitrogen and oxygen atoms in total. The van der Waals surface area contributed by atoms with Crippen LogP contribution in [-0.4, -0.2) is 17.8 Å². The Morgan fingerprint density at radius 2 is 2.22 bits per heavy atom. The van der Waals surface area contributed by atoms with Gasteiger partial charge in [-0.2, -0.15) is 0 Å². The predicted molar refractivity (Wildman–Crippen MR) is 67.4 cm³/mol. The Kier molecular flexibility index (Phi) is 3.62. The Morgan fingerprint density at radius 1 is 1.44 bits per heavy atom. The van der Waals surface area contributed by atoms with Gasteiger partial charge in [0.25, 0.3) is 5.69 Å². The molecular formula is C13H15NO4. The number of hydrogen-bond acceptors (Lipinski definition) is 4. The minimum Gasteiger partial charge on any atom is -0.460 e.